The lowest BCUT2D eigenvalue weighted by Gasteiger charge is -2.24. The molecule has 0 saturated heterocycles. The molecule has 1 saturated carbocycles. The molecule has 96 valence electrons. The molecule has 0 spiro atoms. The summed E-state index contributed by atoms with van der Waals surface area (Å²) in [5, 5.41) is 3.54. The molecule has 1 fully saturated rings. The van der Waals surface area contributed by atoms with Crippen molar-refractivity contribution in [3.63, 3.8) is 0 Å². The van der Waals surface area contributed by atoms with E-state index in [0.29, 0.717) is 0 Å². The largest absolute Gasteiger partial charge is 0.317 e. The summed E-state index contributed by atoms with van der Waals surface area (Å²) in [5.41, 5.74) is 0. The molecule has 2 rings (SSSR count). The van der Waals surface area contributed by atoms with Crippen molar-refractivity contribution >= 4 is 11.3 Å². The fraction of sp³-hybridized carbons (Fsp3) is 0.733. The summed E-state index contributed by atoms with van der Waals surface area (Å²) in [5.74, 6) is 0.853. The smallest absolute Gasteiger partial charge is 0.00957 e. The highest BCUT2D eigenvalue weighted by Gasteiger charge is 2.22. The molecule has 1 aliphatic carbocycles. The van der Waals surface area contributed by atoms with E-state index in [1.165, 1.54) is 49.8 Å². The normalized spacial score (nSPS) is 25.8. The quantitative estimate of drug-likeness (QED) is 0.797. The Morgan fingerprint density at radius 2 is 1.94 bits per heavy atom. The molecule has 2 heteroatoms. The first-order valence-corrected chi connectivity index (χ1v) is 7.90. The van der Waals surface area contributed by atoms with Crippen molar-refractivity contribution in [3.05, 3.63) is 21.9 Å². The Kier molecular flexibility index (Phi) is 5.05. The van der Waals surface area contributed by atoms with Crippen LogP contribution in [0.2, 0.25) is 0 Å². The van der Waals surface area contributed by atoms with Crippen LogP contribution in [0.1, 0.15) is 48.8 Å². The van der Waals surface area contributed by atoms with Crippen molar-refractivity contribution in [3.8, 4) is 0 Å². The summed E-state index contributed by atoms with van der Waals surface area (Å²) >= 11 is 2.02. The van der Waals surface area contributed by atoms with Gasteiger partial charge in [0.1, 0.15) is 0 Å². The van der Waals surface area contributed by atoms with E-state index in [9.17, 15) is 0 Å². The molecule has 0 aromatic carbocycles. The van der Waals surface area contributed by atoms with Gasteiger partial charge in [0.2, 0.25) is 0 Å². The van der Waals surface area contributed by atoms with Gasteiger partial charge in [-0.2, -0.15) is 0 Å². The van der Waals surface area contributed by atoms with Crippen LogP contribution in [0.4, 0.5) is 0 Å². The van der Waals surface area contributed by atoms with Crippen LogP contribution in [0.25, 0.3) is 0 Å². The maximum absolute atomic E-state index is 3.54. The van der Waals surface area contributed by atoms with Gasteiger partial charge in [-0.3, -0.25) is 0 Å². The minimum Gasteiger partial charge on any atom is -0.317 e. The van der Waals surface area contributed by atoms with E-state index in [4.69, 9.17) is 0 Å². The molecule has 0 aliphatic heterocycles. The van der Waals surface area contributed by atoms with Crippen molar-refractivity contribution in [1.29, 1.82) is 0 Å². The SMILES string of the molecule is CCc1ccc(CC2CCCCCC2NC)s1. The minimum atomic E-state index is 0.740. The Labute approximate surface area is 110 Å². The zero-order chi connectivity index (χ0) is 12.1. The van der Waals surface area contributed by atoms with E-state index < -0.39 is 0 Å². The van der Waals surface area contributed by atoms with E-state index in [0.717, 1.165) is 12.0 Å². The van der Waals surface area contributed by atoms with E-state index >= 15 is 0 Å². The molecular weight excluding hydrogens is 226 g/mol. The van der Waals surface area contributed by atoms with Crippen LogP contribution in [-0.2, 0) is 12.8 Å². The van der Waals surface area contributed by atoms with E-state index in [1.807, 2.05) is 11.3 Å². The molecule has 2 atom stereocenters. The monoisotopic (exact) mass is 251 g/mol. The standard InChI is InChI=1S/C15H25NS/c1-3-13-9-10-14(17-13)11-12-7-5-4-6-8-15(12)16-2/h9-10,12,15-16H,3-8,11H2,1-2H3. The first-order valence-electron chi connectivity index (χ1n) is 7.08. The molecule has 1 N–H and O–H groups in total. The average Bonchev–Trinajstić information content (AvgIpc) is 2.68. The Hall–Kier alpha value is -0.340. The summed E-state index contributed by atoms with van der Waals surface area (Å²) in [7, 11) is 2.13. The molecule has 2 unspecified atom stereocenters. The molecule has 1 aromatic rings. The Morgan fingerprint density at radius 1 is 1.18 bits per heavy atom. The van der Waals surface area contributed by atoms with Crippen LogP contribution >= 0.6 is 11.3 Å². The maximum atomic E-state index is 3.54. The van der Waals surface area contributed by atoms with Gasteiger partial charge in [0.05, 0.1) is 0 Å². The lowest BCUT2D eigenvalue weighted by Crippen LogP contribution is -2.33. The number of hydrogen-bond acceptors (Lipinski definition) is 2. The third-order valence-electron chi connectivity index (χ3n) is 4.06. The highest BCUT2D eigenvalue weighted by atomic mass is 32.1. The van der Waals surface area contributed by atoms with Gasteiger partial charge in [0.15, 0.2) is 0 Å². The highest BCUT2D eigenvalue weighted by molar-refractivity contribution is 7.11. The zero-order valence-electron chi connectivity index (χ0n) is 11.2. The third-order valence-corrected chi connectivity index (χ3v) is 5.31. The fourth-order valence-corrected chi connectivity index (χ4v) is 4.04. The van der Waals surface area contributed by atoms with Gasteiger partial charge in [-0.15, -0.1) is 11.3 Å². The average molecular weight is 251 g/mol. The van der Waals surface area contributed by atoms with Crippen LogP contribution in [0, 0.1) is 5.92 Å². The lowest BCUT2D eigenvalue weighted by molar-refractivity contribution is 0.352. The van der Waals surface area contributed by atoms with Crippen molar-refractivity contribution in [1.82, 2.24) is 5.32 Å². The van der Waals surface area contributed by atoms with Crippen LogP contribution in [0.15, 0.2) is 12.1 Å². The van der Waals surface area contributed by atoms with Gasteiger partial charge in [-0.1, -0.05) is 26.2 Å². The summed E-state index contributed by atoms with van der Waals surface area (Å²) in [6.07, 6.45) is 9.51. The van der Waals surface area contributed by atoms with Crippen molar-refractivity contribution < 1.29 is 0 Å². The summed E-state index contributed by atoms with van der Waals surface area (Å²) < 4.78 is 0. The van der Waals surface area contributed by atoms with E-state index in [-0.39, 0.29) is 0 Å². The van der Waals surface area contributed by atoms with Gasteiger partial charge in [-0.05, 0) is 50.8 Å². The second kappa shape index (κ2) is 6.55. The zero-order valence-corrected chi connectivity index (χ0v) is 12.0. The molecule has 1 nitrogen and oxygen atoms in total. The molecule has 1 aliphatic rings. The van der Waals surface area contributed by atoms with E-state index in [2.05, 4.69) is 31.4 Å². The molecule has 1 aromatic heterocycles. The van der Waals surface area contributed by atoms with Gasteiger partial charge < -0.3 is 5.32 Å². The van der Waals surface area contributed by atoms with Crippen LogP contribution < -0.4 is 5.32 Å². The van der Waals surface area contributed by atoms with Crippen molar-refractivity contribution in [2.75, 3.05) is 7.05 Å². The number of thiophene rings is 1. The fourth-order valence-electron chi connectivity index (χ4n) is 2.99. The maximum Gasteiger partial charge on any atom is 0.00957 e. The minimum absolute atomic E-state index is 0.740. The predicted octanol–water partition coefficient (Wildman–Crippen LogP) is 4.02. The second-order valence-corrected chi connectivity index (χ2v) is 6.47. The molecular formula is C15H25NS. The second-order valence-electron chi connectivity index (χ2n) is 5.22. The number of nitrogens with one attached hydrogen (secondary N) is 1. The van der Waals surface area contributed by atoms with Gasteiger partial charge in [0.25, 0.3) is 0 Å². The molecule has 0 radical (unpaired) electrons. The lowest BCUT2D eigenvalue weighted by atomic mass is 9.91. The number of hydrogen-bond donors (Lipinski definition) is 1. The van der Waals surface area contributed by atoms with E-state index in [1.54, 1.807) is 4.88 Å². The molecule has 1 heterocycles. The predicted molar refractivity (Wildman–Crippen MR) is 76.8 cm³/mol. The Balaban J connectivity index is 1.99. The summed E-state index contributed by atoms with van der Waals surface area (Å²) in [6, 6.07) is 5.40. The third kappa shape index (κ3) is 3.56. The molecule has 0 bridgehead atoms. The molecule has 0 amide bonds. The van der Waals surface area contributed by atoms with Gasteiger partial charge in [-0.25, -0.2) is 0 Å². The summed E-state index contributed by atoms with van der Waals surface area (Å²) in [4.78, 5) is 3.13. The highest BCUT2D eigenvalue weighted by Crippen LogP contribution is 2.29. The topological polar surface area (TPSA) is 12.0 Å². The Bertz CT molecular complexity index is 331. The first kappa shape index (κ1) is 13.1. The van der Waals surface area contributed by atoms with Crippen LogP contribution in [-0.4, -0.2) is 13.1 Å². The van der Waals surface area contributed by atoms with Crippen molar-refractivity contribution in [2.24, 2.45) is 5.92 Å². The molecule has 17 heavy (non-hydrogen) atoms. The van der Waals surface area contributed by atoms with Gasteiger partial charge >= 0.3 is 0 Å². The summed E-state index contributed by atoms with van der Waals surface area (Å²) in [6.45, 7) is 2.25. The van der Waals surface area contributed by atoms with Crippen molar-refractivity contribution in [2.45, 2.75) is 57.9 Å². The van der Waals surface area contributed by atoms with Crippen LogP contribution in [0.5, 0.6) is 0 Å². The number of aryl methyl sites for hydroxylation is 1. The van der Waals surface area contributed by atoms with Gasteiger partial charge in [0, 0.05) is 15.8 Å². The first-order chi connectivity index (χ1) is 8.33. The Morgan fingerprint density at radius 3 is 2.65 bits per heavy atom. The van der Waals surface area contributed by atoms with Crippen LogP contribution in [0.3, 0.4) is 0 Å². The number of rotatable bonds is 4.